The molecule has 1 aromatic carbocycles. The summed E-state index contributed by atoms with van der Waals surface area (Å²) in [6, 6.07) is 7.88. The number of anilines is 1. The molecule has 0 saturated heterocycles. The van der Waals surface area contributed by atoms with Crippen molar-refractivity contribution in [2.75, 3.05) is 4.72 Å². The fourth-order valence-electron chi connectivity index (χ4n) is 1.36. The van der Waals surface area contributed by atoms with Gasteiger partial charge < -0.3 is 5.11 Å². The Morgan fingerprint density at radius 3 is 2.63 bits per heavy atom. The van der Waals surface area contributed by atoms with Gasteiger partial charge >= 0.3 is 5.97 Å². The third-order valence-corrected chi connectivity index (χ3v) is 4.45. The lowest BCUT2D eigenvalue weighted by atomic mass is 10.3. The second kappa shape index (κ2) is 5.37. The van der Waals surface area contributed by atoms with Gasteiger partial charge in [0, 0.05) is 5.38 Å². The van der Waals surface area contributed by atoms with E-state index in [1.54, 1.807) is 18.2 Å². The first-order chi connectivity index (χ1) is 8.97. The number of carboxylic acids is 1. The number of nitrogens with one attached hydrogen (secondary N) is 1. The van der Waals surface area contributed by atoms with Crippen molar-refractivity contribution in [1.29, 1.82) is 0 Å². The zero-order chi connectivity index (χ0) is 13.9. The largest absolute Gasteiger partial charge is 0.481 e. The van der Waals surface area contributed by atoms with E-state index in [-0.39, 0.29) is 16.4 Å². The van der Waals surface area contributed by atoms with E-state index in [9.17, 15) is 13.2 Å². The maximum Gasteiger partial charge on any atom is 0.309 e. The Morgan fingerprint density at radius 1 is 1.32 bits per heavy atom. The highest BCUT2D eigenvalue weighted by molar-refractivity contribution is 7.93. The number of carbonyl (C=O) groups is 1. The van der Waals surface area contributed by atoms with E-state index in [0.717, 1.165) is 11.3 Å². The summed E-state index contributed by atoms with van der Waals surface area (Å²) in [7, 11) is -3.68. The Kier molecular flexibility index (Phi) is 3.82. The van der Waals surface area contributed by atoms with Gasteiger partial charge in [-0.1, -0.05) is 18.2 Å². The SMILES string of the molecule is O=C(O)Cc1csc(NS(=O)(=O)c2ccccc2)n1. The average Bonchev–Trinajstić information content (AvgIpc) is 2.76. The first-order valence-electron chi connectivity index (χ1n) is 5.21. The van der Waals surface area contributed by atoms with Crippen molar-refractivity contribution >= 4 is 32.5 Å². The van der Waals surface area contributed by atoms with Crippen molar-refractivity contribution in [3.8, 4) is 0 Å². The Bertz CT molecular complexity index is 680. The first-order valence-corrected chi connectivity index (χ1v) is 7.58. The fourth-order valence-corrected chi connectivity index (χ4v) is 3.35. The van der Waals surface area contributed by atoms with Crippen molar-refractivity contribution in [1.82, 2.24) is 4.98 Å². The smallest absolute Gasteiger partial charge is 0.309 e. The molecule has 0 unspecified atom stereocenters. The number of hydrogen-bond donors (Lipinski definition) is 2. The van der Waals surface area contributed by atoms with E-state index >= 15 is 0 Å². The number of benzene rings is 1. The van der Waals surface area contributed by atoms with Crippen LogP contribution in [0.2, 0.25) is 0 Å². The summed E-state index contributed by atoms with van der Waals surface area (Å²) in [5, 5.41) is 10.3. The van der Waals surface area contributed by atoms with Crippen molar-refractivity contribution in [3.05, 3.63) is 41.4 Å². The van der Waals surface area contributed by atoms with Crippen molar-refractivity contribution < 1.29 is 18.3 Å². The Hall–Kier alpha value is -1.93. The minimum Gasteiger partial charge on any atom is -0.481 e. The predicted molar refractivity (Wildman–Crippen MR) is 70.7 cm³/mol. The summed E-state index contributed by atoms with van der Waals surface area (Å²) in [6.07, 6.45) is -0.233. The van der Waals surface area contributed by atoms with Gasteiger partial charge in [-0.2, -0.15) is 0 Å². The standard InChI is InChI=1S/C11H10N2O4S2/c14-10(15)6-8-7-18-11(12-8)13-19(16,17)9-4-2-1-3-5-9/h1-5,7H,6H2,(H,12,13)(H,14,15). The molecule has 0 amide bonds. The Morgan fingerprint density at radius 2 is 2.00 bits per heavy atom. The highest BCUT2D eigenvalue weighted by Gasteiger charge is 2.16. The van der Waals surface area contributed by atoms with Crippen LogP contribution in [0.25, 0.3) is 0 Å². The monoisotopic (exact) mass is 298 g/mol. The van der Waals surface area contributed by atoms with Crippen LogP contribution in [0.5, 0.6) is 0 Å². The van der Waals surface area contributed by atoms with Gasteiger partial charge in [0.1, 0.15) is 0 Å². The lowest BCUT2D eigenvalue weighted by Gasteiger charge is -2.04. The highest BCUT2D eigenvalue weighted by Crippen LogP contribution is 2.20. The highest BCUT2D eigenvalue weighted by atomic mass is 32.2. The van der Waals surface area contributed by atoms with E-state index in [2.05, 4.69) is 9.71 Å². The summed E-state index contributed by atoms with van der Waals surface area (Å²) in [5.41, 5.74) is 0.322. The van der Waals surface area contributed by atoms with Crippen molar-refractivity contribution in [2.24, 2.45) is 0 Å². The van der Waals surface area contributed by atoms with Crippen LogP contribution in [0.15, 0.2) is 40.6 Å². The fraction of sp³-hybridized carbons (Fsp3) is 0.0909. The van der Waals surface area contributed by atoms with E-state index in [4.69, 9.17) is 5.11 Å². The van der Waals surface area contributed by atoms with E-state index < -0.39 is 16.0 Å². The maximum absolute atomic E-state index is 12.0. The number of aliphatic carboxylic acids is 1. The van der Waals surface area contributed by atoms with Gasteiger partial charge in [-0.15, -0.1) is 11.3 Å². The van der Waals surface area contributed by atoms with Gasteiger partial charge in [-0.3, -0.25) is 9.52 Å². The van der Waals surface area contributed by atoms with Gasteiger partial charge in [0.05, 0.1) is 17.0 Å². The van der Waals surface area contributed by atoms with E-state index in [0.29, 0.717) is 5.69 Å². The molecule has 0 fully saturated rings. The van der Waals surface area contributed by atoms with Gasteiger partial charge in [0.15, 0.2) is 5.13 Å². The molecule has 0 bridgehead atoms. The average molecular weight is 298 g/mol. The summed E-state index contributed by atoms with van der Waals surface area (Å²) in [4.78, 5) is 14.5. The maximum atomic E-state index is 12.0. The van der Waals surface area contributed by atoms with Crippen LogP contribution in [-0.2, 0) is 21.2 Å². The zero-order valence-electron chi connectivity index (χ0n) is 9.61. The molecule has 0 aliphatic rings. The summed E-state index contributed by atoms with van der Waals surface area (Å²) < 4.78 is 26.3. The predicted octanol–water partition coefficient (Wildman–Crippen LogP) is 1.57. The molecule has 2 aromatic rings. The van der Waals surface area contributed by atoms with Gasteiger partial charge in [-0.25, -0.2) is 13.4 Å². The Labute approximate surface area is 113 Å². The molecule has 0 aliphatic carbocycles. The number of thiazole rings is 1. The molecule has 19 heavy (non-hydrogen) atoms. The number of nitrogens with zero attached hydrogens (tertiary/aromatic N) is 1. The lowest BCUT2D eigenvalue weighted by molar-refractivity contribution is -0.136. The second-order valence-corrected chi connectivity index (χ2v) is 6.17. The van der Waals surface area contributed by atoms with E-state index in [1.165, 1.54) is 17.5 Å². The summed E-state index contributed by atoms with van der Waals surface area (Å²) in [5.74, 6) is -1.01. The second-order valence-electron chi connectivity index (χ2n) is 3.63. The third-order valence-electron chi connectivity index (χ3n) is 2.16. The molecule has 100 valence electrons. The number of aromatic nitrogens is 1. The van der Waals surface area contributed by atoms with Crippen molar-refractivity contribution in [2.45, 2.75) is 11.3 Å². The van der Waals surface area contributed by atoms with Gasteiger partial charge in [0.2, 0.25) is 0 Å². The summed E-state index contributed by atoms with van der Waals surface area (Å²) >= 11 is 1.05. The molecule has 1 aromatic heterocycles. The zero-order valence-corrected chi connectivity index (χ0v) is 11.2. The molecule has 0 radical (unpaired) electrons. The van der Waals surface area contributed by atoms with Crippen LogP contribution in [0.3, 0.4) is 0 Å². The normalized spacial score (nSPS) is 11.2. The molecule has 1 heterocycles. The molecule has 2 N–H and O–H groups in total. The number of carboxylic acid groups (broad SMARTS) is 1. The lowest BCUT2D eigenvalue weighted by Crippen LogP contribution is -2.12. The van der Waals surface area contributed by atoms with Crippen molar-refractivity contribution in [3.63, 3.8) is 0 Å². The van der Waals surface area contributed by atoms with Gasteiger partial charge in [-0.05, 0) is 12.1 Å². The minimum atomic E-state index is -3.68. The van der Waals surface area contributed by atoms with Crippen LogP contribution in [0.4, 0.5) is 5.13 Å². The third kappa shape index (κ3) is 3.52. The molecule has 0 atom stereocenters. The van der Waals surface area contributed by atoms with Crippen LogP contribution < -0.4 is 4.72 Å². The van der Waals surface area contributed by atoms with Crippen LogP contribution in [0, 0.1) is 0 Å². The molecular weight excluding hydrogens is 288 g/mol. The summed E-state index contributed by atoms with van der Waals surface area (Å²) in [6.45, 7) is 0. The first kappa shape index (κ1) is 13.5. The molecule has 8 heteroatoms. The van der Waals surface area contributed by atoms with Gasteiger partial charge in [0.25, 0.3) is 10.0 Å². The Balaban J connectivity index is 2.17. The molecule has 0 spiro atoms. The van der Waals surface area contributed by atoms with Crippen LogP contribution in [-0.4, -0.2) is 24.5 Å². The quantitative estimate of drug-likeness (QED) is 0.873. The number of hydrogen-bond acceptors (Lipinski definition) is 5. The molecule has 2 rings (SSSR count). The minimum absolute atomic E-state index is 0.130. The van der Waals surface area contributed by atoms with Crippen LogP contribution >= 0.6 is 11.3 Å². The topological polar surface area (TPSA) is 96.4 Å². The molecule has 6 nitrogen and oxygen atoms in total. The molecular formula is C11H10N2O4S2. The molecule has 0 aliphatic heterocycles. The molecule has 0 saturated carbocycles. The van der Waals surface area contributed by atoms with Crippen LogP contribution in [0.1, 0.15) is 5.69 Å². The van der Waals surface area contributed by atoms with E-state index in [1.807, 2.05) is 0 Å². The number of sulfonamides is 1. The number of rotatable bonds is 5.